The molecule has 4 aliphatic heterocycles. The number of rotatable bonds is 11. The van der Waals surface area contributed by atoms with E-state index >= 15 is 0 Å². The number of aliphatic hydroxyl groups is 1. The Balaban J connectivity index is 1.61. The summed E-state index contributed by atoms with van der Waals surface area (Å²) in [6.07, 6.45) is 9.20. The van der Waals surface area contributed by atoms with E-state index in [0.717, 1.165) is 19.3 Å². The van der Waals surface area contributed by atoms with Crippen molar-refractivity contribution in [3.05, 3.63) is 60.2 Å². The maximum absolute atomic E-state index is 14.8. The molecule has 0 radical (unpaired) electrons. The number of hydrogen-bond donors (Lipinski definition) is 2. The van der Waals surface area contributed by atoms with Crippen molar-refractivity contribution >= 4 is 23.7 Å². The van der Waals surface area contributed by atoms with Crippen molar-refractivity contribution in [2.45, 2.75) is 95.2 Å². The second kappa shape index (κ2) is 15.8. The lowest BCUT2D eigenvalue weighted by Crippen LogP contribution is -2.58. The van der Waals surface area contributed by atoms with E-state index in [0.29, 0.717) is 31.5 Å². The van der Waals surface area contributed by atoms with Crippen molar-refractivity contribution in [3.63, 3.8) is 0 Å². The first kappa shape index (κ1) is 35.8. The Kier molecular flexibility index (Phi) is 11.8. The number of esters is 1. The van der Waals surface area contributed by atoms with Gasteiger partial charge >= 0.3 is 5.97 Å². The summed E-state index contributed by atoms with van der Waals surface area (Å²) in [7, 11) is 1.51. The van der Waals surface area contributed by atoms with Gasteiger partial charge in [0.2, 0.25) is 17.7 Å². The fourth-order valence-electron chi connectivity index (χ4n) is 7.84. The van der Waals surface area contributed by atoms with E-state index in [4.69, 9.17) is 14.2 Å². The summed E-state index contributed by atoms with van der Waals surface area (Å²) in [4.78, 5) is 60.2. The molecule has 1 aromatic carbocycles. The van der Waals surface area contributed by atoms with Crippen LogP contribution < -0.4 is 5.32 Å². The zero-order valence-electron chi connectivity index (χ0n) is 28.6. The molecule has 8 atom stereocenters. The number of aliphatic hydroxyl groups excluding tert-OH is 1. The lowest BCUT2D eigenvalue weighted by molar-refractivity contribution is -0.163. The number of nitrogens with one attached hydrogen (secondary N) is 1. The number of amides is 3. The van der Waals surface area contributed by atoms with Crippen molar-refractivity contribution in [1.29, 1.82) is 0 Å². The van der Waals surface area contributed by atoms with Crippen LogP contribution in [0.3, 0.4) is 0 Å². The summed E-state index contributed by atoms with van der Waals surface area (Å²) < 4.78 is 18.6. The molecule has 1 aromatic rings. The average Bonchev–Trinajstić information content (AvgIpc) is 3.46. The van der Waals surface area contributed by atoms with E-state index in [9.17, 15) is 24.3 Å². The third-order valence-corrected chi connectivity index (χ3v) is 9.96. The Morgan fingerprint density at radius 2 is 1.85 bits per heavy atom. The summed E-state index contributed by atoms with van der Waals surface area (Å²) in [5.41, 5.74) is -0.799. The molecule has 0 unspecified atom stereocenters. The van der Waals surface area contributed by atoms with Gasteiger partial charge in [0.05, 0.1) is 37.3 Å². The van der Waals surface area contributed by atoms with Gasteiger partial charge in [-0.3, -0.25) is 19.2 Å². The minimum absolute atomic E-state index is 0.0830. The fraction of sp³-hybridized carbons (Fsp3) is 0.622. The van der Waals surface area contributed by atoms with Crippen molar-refractivity contribution in [2.24, 2.45) is 17.8 Å². The largest absolute Gasteiger partial charge is 0.455 e. The Morgan fingerprint density at radius 3 is 2.54 bits per heavy atom. The maximum atomic E-state index is 14.8. The molecule has 262 valence electrons. The summed E-state index contributed by atoms with van der Waals surface area (Å²) in [6, 6.07) is 6.73. The number of carbonyl (C=O) groups is 4. The molecular formula is C37H51N3O8. The standard InChI is InChI=1S/C37H51N3O8/c1-5-6-12-19-39-20-13-18-37-31(34(43)40(33(37)35(39)44)26(22-41)21-24(2)3)30-28(48-37)16-10-11-17-29(42)38-27(23-46-4)32(47-36(30)45)25-14-8-7-9-15-25/h7-10,13-16,18,24,26-28,30-33,41H,5-6,11-12,17,19-23H2,1-4H3,(H,38,42)/b16-10-/t26-,27-,28-,30+,31+,32-,33-,37+/m1/s1. The van der Waals surface area contributed by atoms with Gasteiger partial charge in [-0.2, -0.15) is 0 Å². The predicted octanol–water partition coefficient (Wildman–Crippen LogP) is 3.33. The first-order valence-corrected chi connectivity index (χ1v) is 17.4. The molecule has 0 saturated carbocycles. The molecule has 5 rings (SSSR count). The third-order valence-electron chi connectivity index (χ3n) is 9.96. The van der Waals surface area contributed by atoms with Crippen LogP contribution in [0.1, 0.15) is 71.0 Å². The van der Waals surface area contributed by atoms with E-state index < -0.39 is 59.6 Å². The van der Waals surface area contributed by atoms with Gasteiger partial charge in [-0.25, -0.2) is 0 Å². The molecule has 0 bridgehead atoms. The highest BCUT2D eigenvalue weighted by Crippen LogP contribution is 2.54. The van der Waals surface area contributed by atoms with Crippen molar-refractivity contribution in [3.8, 4) is 0 Å². The minimum Gasteiger partial charge on any atom is -0.455 e. The SMILES string of the molecule is CCCCCN1CC=C[C@]23O[C@@H]4/C=C\CCC(=O)N[C@H](COC)[C@@H](c5ccccc5)OC(=O)[C@@H]4[C@H]2C(=O)N([C@@H](CO)CC(C)C)[C@@H]3C1=O. The number of methoxy groups -OCH3 is 1. The molecule has 11 nitrogen and oxygen atoms in total. The number of benzene rings is 1. The number of allylic oxidation sites excluding steroid dienone is 1. The van der Waals surface area contributed by atoms with Crippen LogP contribution in [-0.4, -0.2) is 102 Å². The van der Waals surface area contributed by atoms with E-state index in [2.05, 4.69) is 12.2 Å². The number of nitrogens with zero attached hydrogens (tertiary/aromatic N) is 2. The number of carbonyl (C=O) groups excluding carboxylic acids is 4. The predicted molar refractivity (Wildman–Crippen MR) is 178 cm³/mol. The van der Waals surface area contributed by atoms with Gasteiger partial charge in [0.25, 0.3) is 0 Å². The van der Waals surface area contributed by atoms with Crippen molar-refractivity contribution in [2.75, 3.05) is 33.4 Å². The summed E-state index contributed by atoms with van der Waals surface area (Å²) in [5, 5.41) is 13.6. The van der Waals surface area contributed by atoms with Crippen molar-refractivity contribution in [1.82, 2.24) is 15.1 Å². The number of likely N-dealkylation sites (tertiary alicyclic amines) is 1. The highest BCUT2D eigenvalue weighted by molar-refractivity contribution is 5.99. The molecule has 0 aromatic heterocycles. The second-order valence-corrected chi connectivity index (χ2v) is 13.8. The van der Waals surface area contributed by atoms with Crippen LogP contribution in [0.4, 0.5) is 0 Å². The van der Waals surface area contributed by atoms with Gasteiger partial charge in [-0.05, 0) is 30.7 Å². The smallest absolute Gasteiger partial charge is 0.313 e. The summed E-state index contributed by atoms with van der Waals surface area (Å²) in [5.74, 6) is -3.57. The van der Waals surface area contributed by atoms with E-state index in [1.165, 1.54) is 12.0 Å². The van der Waals surface area contributed by atoms with Gasteiger partial charge < -0.3 is 34.4 Å². The molecule has 1 spiro atoms. The van der Waals surface area contributed by atoms with E-state index in [-0.39, 0.29) is 37.4 Å². The van der Waals surface area contributed by atoms with Crippen LogP contribution in [0.5, 0.6) is 0 Å². The van der Waals surface area contributed by atoms with E-state index in [1.807, 2.05) is 50.3 Å². The molecule has 2 N–H and O–H groups in total. The van der Waals surface area contributed by atoms with Crippen LogP contribution in [-0.2, 0) is 33.4 Å². The van der Waals surface area contributed by atoms with Crippen molar-refractivity contribution < 1.29 is 38.5 Å². The first-order valence-electron chi connectivity index (χ1n) is 17.4. The van der Waals surface area contributed by atoms with Gasteiger partial charge in [0, 0.05) is 26.6 Å². The zero-order valence-corrected chi connectivity index (χ0v) is 28.6. The highest BCUT2D eigenvalue weighted by atomic mass is 16.6. The monoisotopic (exact) mass is 665 g/mol. The normalized spacial score (nSPS) is 32.0. The lowest BCUT2D eigenvalue weighted by Gasteiger charge is -2.39. The highest BCUT2D eigenvalue weighted by Gasteiger charge is 2.72. The third kappa shape index (κ3) is 7.09. The number of fused-ring (bicyclic) bond motifs is 2. The number of ether oxygens (including phenoxy) is 3. The van der Waals surface area contributed by atoms with Crippen LogP contribution in [0.15, 0.2) is 54.6 Å². The lowest BCUT2D eigenvalue weighted by atomic mass is 9.77. The number of cyclic esters (lactones) is 1. The summed E-state index contributed by atoms with van der Waals surface area (Å²) in [6.45, 7) is 6.75. The van der Waals surface area contributed by atoms with Gasteiger partial charge in [0.1, 0.15) is 23.7 Å². The van der Waals surface area contributed by atoms with Crippen LogP contribution in [0.25, 0.3) is 0 Å². The van der Waals surface area contributed by atoms with Gasteiger partial charge in [-0.15, -0.1) is 0 Å². The number of hydrogen-bond acceptors (Lipinski definition) is 8. The molecule has 0 aliphatic carbocycles. The molecule has 48 heavy (non-hydrogen) atoms. The van der Waals surface area contributed by atoms with Crippen LogP contribution >= 0.6 is 0 Å². The molecule has 4 aliphatic rings. The quantitative estimate of drug-likeness (QED) is 0.209. The Hall–Kier alpha value is -3.54. The molecule has 11 heteroatoms. The Labute approximate surface area is 283 Å². The maximum Gasteiger partial charge on any atom is 0.313 e. The molecule has 2 saturated heterocycles. The van der Waals surface area contributed by atoms with Gasteiger partial charge in [0.15, 0.2) is 0 Å². The van der Waals surface area contributed by atoms with Crippen LogP contribution in [0, 0.1) is 17.8 Å². The number of unbranched alkanes of at least 4 members (excludes halogenated alkanes) is 2. The Morgan fingerprint density at radius 1 is 1.08 bits per heavy atom. The molecule has 4 heterocycles. The first-order chi connectivity index (χ1) is 23.2. The summed E-state index contributed by atoms with van der Waals surface area (Å²) >= 11 is 0. The second-order valence-electron chi connectivity index (χ2n) is 13.8. The van der Waals surface area contributed by atoms with E-state index in [1.54, 1.807) is 23.1 Å². The van der Waals surface area contributed by atoms with Gasteiger partial charge in [-0.1, -0.05) is 88.2 Å². The average molecular weight is 666 g/mol. The Bertz CT molecular complexity index is 1370. The zero-order chi connectivity index (χ0) is 34.4. The molecular weight excluding hydrogens is 614 g/mol. The molecule has 2 fully saturated rings. The molecule has 3 amide bonds. The topological polar surface area (TPSA) is 135 Å². The fourth-order valence-corrected chi connectivity index (χ4v) is 7.84. The van der Waals surface area contributed by atoms with Crippen LogP contribution in [0.2, 0.25) is 0 Å². The minimum atomic E-state index is -1.46.